The minimum Gasteiger partial charge on any atom is -0.413 e. The normalized spacial score (nSPS) is 13.6. The van der Waals surface area contributed by atoms with Crippen LogP contribution in [0.25, 0.3) is 10.8 Å². The van der Waals surface area contributed by atoms with Crippen molar-refractivity contribution in [3.63, 3.8) is 0 Å². The molecule has 194 valence electrons. The van der Waals surface area contributed by atoms with Crippen LogP contribution in [0.4, 0.5) is 5.82 Å². The monoisotopic (exact) mass is 541 g/mol. The summed E-state index contributed by atoms with van der Waals surface area (Å²) in [4.78, 5) is 20.7. The van der Waals surface area contributed by atoms with E-state index in [9.17, 15) is 4.79 Å². The Bertz CT molecular complexity index is 1240. The molecule has 3 aromatic rings. The summed E-state index contributed by atoms with van der Waals surface area (Å²) in [5, 5.41) is 2.96. The number of rotatable bonds is 9. The van der Waals surface area contributed by atoms with Crippen molar-refractivity contribution >= 4 is 46.4 Å². The van der Waals surface area contributed by atoms with Gasteiger partial charge < -0.3 is 19.6 Å². The molecule has 0 aliphatic carbocycles. The van der Waals surface area contributed by atoms with Gasteiger partial charge in [-0.25, -0.2) is 4.98 Å². The SMILES string of the molecule is C[Si](OCC(O[Si](C)C(C)(C)C)c1c(N)nc(SCc2ccc3ccccc3c2)[nH]c1=O)C(C)(C)C. The molecule has 9 heteroatoms. The summed E-state index contributed by atoms with van der Waals surface area (Å²) >= 11 is 1.46. The lowest BCUT2D eigenvalue weighted by Gasteiger charge is -2.32. The van der Waals surface area contributed by atoms with Crippen molar-refractivity contribution in [1.82, 2.24) is 9.97 Å². The number of aromatic amines is 1. The average molecular weight is 542 g/mol. The summed E-state index contributed by atoms with van der Waals surface area (Å²) in [6.45, 7) is 17.5. The van der Waals surface area contributed by atoms with E-state index in [0.29, 0.717) is 23.1 Å². The van der Waals surface area contributed by atoms with Gasteiger partial charge >= 0.3 is 0 Å². The highest BCUT2D eigenvalue weighted by molar-refractivity contribution is 7.98. The van der Waals surface area contributed by atoms with E-state index >= 15 is 0 Å². The molecule has 0 bridgehead atoms. The summed E-state index contributed by atoms with van der Waals surface area (Å²) in [6.07, 6.45) is -0.554. The van der Waals surface area contributed by atoms with Crippen LogP contribution in [-0.4, -0.2) is 34.7 Å². The molecule has 0 saturated carbocycles. The van der Waals surface area contributed by atoms with Gasteiger partial charge in [0.05, 0.1) is 12.2 Å². The fraction of sp³-hybridized carbons (Fsp3) is 0.481. The first-order chi connectivity index (χ1) is 16.8. The second kappa shape index (κ2) is 11.6. The largest absolute Gasteiger partial charge is 0.413 e. The number of thioether (sulfide) groups is 1. The van der Waals surface area contributed by atoms with Gasteiger partial charge in [-0.15, -0.1) is 0 Å². The van der Waals surface area contributed by atoms with Crippen molar-refractivity contribution < 1.29 is 8.85 Å². The van der Waals surface area contributed by atoms with Gasteiger partial charge in [0.1, 0.15) is 11.9 Å². The van der Waals surface area contributed by atoms with Gasteiger partial charge in [-0.3, -0.25) is 4.79 Å². The predicted molar refractivity (Wildman–Crippen MR) is 155 cm³/mol. The van der Waals surface area contributed by atoms with Crippen LogP contribution in [0, 0.1) is 0 Å². The van der Waals surface area contributed by atoms with Gasteiger partial charge in [0.2, 0.25) is 18.1 Å². The number of benzene rings is 2. The van der Waals surface area contributed by atoms with Gasteiger partial charge in [-0.2, -0.15) is 0 Å². The van der Waals surface area contributed by atoms with E-state index in [0.717, 1.165) is 5.56 Å². The van der Waals surface area contributed by atoms with Gasteiger partial charge in [0.15, 0.2) is 5.16 Å². The standard InChI is InChI=1S/C27H39N3O3SSi2/c1-26(2,3)35(7)32-16-21(33-36(8)27(4,5)6)22-23(28)29-25(30-24(22)31)34-17-18-13-14-19-11-9-10-12-20(19)15-18/h9-15,21H,16-17H2,1-8H3,(H3,28,29,30,31). The first-order valence-corrected chi connectivity index (χ1v) is 17.0. The Morgan fingerprint density at radius 3 is 2.25 bits per heavy atom. The molecule has 3 rings (SSSR count). The molecular formula is C27H39N3O3SSi2. The zero-order valence-electron chi connectivity index (χ0n) is 22.7. The van der Waals surface area contributed by atoms with Crippen LogP contribution in [0.15, 0.2) is 52.4 Å². The van der Waals surface area contributed by atoms with E-state index < -0.39 is 24.2 Å². The number of fused-ring (bicyclic) bond motifs is 1. The quantitative estimate of drug-likeness (QED) is 0.178. The molecule has 2 radical (unpaired) electrons. The molecule has 3 N–H and O–H groups in total. The molecule has 36 heavy (non-hydrogen) atoms. The number of nitrogen functional groups attached to an aromatic ring is 1. The van der Waals surface area contributed by atoms with Crippen LogP contribution in [0.3, 0.4) is 0 Å². The Morgan fingerprint density at radius 2 is 1.64 bits per heavy atom. The van der Waals surface area contributed by atoms with Crippen molar-refractivity contribution in [2.24, 2.45) is 0 Å². The van der Waals surface area contributed by atoms with Crippen LogP contribution >= 0.6 is 11.8 Å². The Morgan fingerprint density at radius 1 is 1.00 bits per heavy atom. The third-order valence-electron chi connectivity index (χ3n) is 6.36. The van der Waals surface area contributed by atoms with Crippen LogP contribution < -0.4 is 11.3 Å². The molecule has 0 saturated heterocycles. The Hall–Kier alpha value is -1.92. The highest BCUT2D eigenvalue weighted by Gasteiger charge is 2.32. The van der Waals surface area contributed by atoms with E-state index in [1.54, 1.807) is 0 Å². The van der Waals surface area contributed by atoms with E-state index in [2.05, 4.69) is 94.9 Å². The van der Waals surface area contributed by atoms with Crippen molar-refractivity contribution in [3.8, 4) is 0 Å². The lowest BCUT2D eigenvalue weighted by Crippen LogP contribution is -2.35. The van der Waals surface area contributed by atoms with Crippen LogP contribution in [0.1, 0.15) is 58.8 Å². The number of anilines is 1. The average Bonchev–Trinajstić information content (AvgIpc) is 2.78. The molecule has 2 aromatic carbocycles. The lowest BCUT2D eigenvalue weighted by molar-refractivity contribution is 0.119. The Labute approximate surface area is 222 Å². The van der Waals surface area contributed by atoms with Gasteiger partial charge in [-0.1, -0.05) is 95.8 Å². The Balaban J connectivity index is 1.81. The number of nitrogens with zero attached hydrogens (tertiary/aromatic N) is 1. The molecule has 0 aliphatic rings. The maximum atomic E-state index is 13.3. The topological polar surface area (TPSA) is 90.2 Å². The first-order valence-electron chi connectivity index (χ1n) is 12.2. The van der Waals surface area contributed by atoms with Crippen molar-refractivity contribution in [2.75, 3.05) is 12.3 Å². The highest BCUT2D eigenvalue weighted by atomic mass is 32.2. The van der Waals surface area contributed by atoms with E-state index in [1.165, 1.54) is 22.5 Å². The molecule has 1 aromatic heterocycles. The number of nitrogens with two attached hydrogens (primary N) is 1. The molecule has 1 atom stereocenters. The Kier molecular flexibility index (Phi) is 9.27. The van der Waals surface area contributed by atoms with E-state index in [4.69, 9.17) is 14.6 Å². The number of hydrogen-bond donors (Lipinski definition) is 2. The summed E-state index contributed by atoms with van der Waals surface area (Å²) < 4.78 is 12.8. The molecule has 1 heterocycles. The highest BCUT2D eigenvalue weighted by Crippen LogP contribution is 2.34. The van der Waals surface area contributed by atoms with E-state index in [1.807, 2.05) is 12.1 Å². The van der Waals surface area contributed by atoms with Gasteiger partial charge in [0.25, 0.3) is 5.56 Å². The third-order valence-corrected chi connectivity index (χ3v) is 12.8. The maximum absolute atomic E-state index is 13.3. The predicted octanol–water partition coefficient (Wildman–Crippen LogP) is 6.71. The second-order valence-corrected chi connectivity index (χ2v) is 17.9. The van der Waals surface area contributed by atoms with E-state index in [-0.39, 0.29) is 21.5 Å². The number of aromatic nitrogens is 2. The lowest BCUT2D eigenvalue weighted by atomic mass is 10.1. The third kappa shape index (κ3) is 7.55. The summed E-state index contributed by atoms with van der Waals surface area (Å²) in [7, 11) is -2.36. The molecule has 0 spiro atoms. The van der Waals surface area contributed by atoms with Crippen molar-refractivity contribution in [3.05, 3.63) is 63.9 Å². The van der Waals surface area contributed by atoms with Crippen LogP contribution in [0.5, 0.6) is 0 Å². The van der Waals surface area contributed by atoms with Gasteiger partial charge in [0, 0.05) is 5.75 Å². The fourth-order valence-electron chi connectivity index (χ4n) is 3.32. The van der Waals surface area contributed by atoms with Crippen molar-refractivity contribution in [2.45, 2.75) is 81.7 Å². The second-order valence-electron chi connectivity index (χ2n) is 11.2. The molecule has 1 unspecified atom stereocenters. The molecular weight excluding hydrogens is 503 g/mol. The van der Waals surface area contributed by atoms with Crippen LogP contribution in [0.2, 0.25) is 23.2 Å². The minimum atomic E-state index is -1.25. The zero-order chi connectivity index (χ0) is 26.7. The van der Waals surface area contributed by atoms with Crippen LogP contribution in [-0.2, 0) is 14.6 Å². The molecule has 0 aliphatic heterocycles. The number of H-pyrrole nitrogens is 1. The minimum absolute atomic E-state index is 0.00244. The number of nitrogens with one attached hydrogen (secondary N) is 1. The number of hydrogen-bond acceptors (Lipinski definition) is 6. The maximum Gasteiger partial charge on any atom is 0.259 e. The van der Waals surface area contributed by atoms with Crippen molar-refractivity contribution in [1.29, 1.82) is 0 Å². The molecule has 0 fully saturated rings. The summed E-state index contributed by atoms with van der Waals surface area (Å²) in [6, 6.07) is 14.6. The first kappa shape index (κ1) is 28.7. The van der Waals surface area contributed by atoms with Gasteiger partial charge in [-0.05, 0) is 39.5 Å². The summed E-state index contributed by atoms with van der Waals surface area (Å²) in [5.41, 5.74) is 7.64. The smallest absolute Gasteiger partial charge is 0.259 e. The fourth-order valence-corrected chi connectivity index (χ4v) is 5.93. The molecule has 6 nitrogen and oxygen atoms in total. The summed E-state index contributed by atoms with van der Waals surface area (Å²) in [5.74, 6) is 0.882. The molecule has 0 amide bonds. The zero-order valence-corrected chi connectivity index (χ0v) is 25.5.